The lowest BCUT2D eigenvalue weighted by atomic mass is 10.0. The van der Waals surface area contributed by atoms with Crippen LogP contribution in [0.2, 0.25) is 0 Å². The fourth-order valence-corrected chi connectivity index (χ4v) is 2.68. The number of halogens is 1. The number of benzene rings is 3. The summed E-state index contributed by atoms with van der Waals surface area (Å²) >= 11 is 0. The molecule has 8 nitrogen and oxygen atoms in total. The van der Waals surface area contributed by atoms with Gasteiger partial charge >= 0.3 is 11.9 Å². The summed E-state index contributed by atoms with van der Waals surface area (Å²) in [5.74, 6) is -2.52. The van der Waals surface area contributed by atoms with Crippen molar-refractivity contribution >= 4 is 23.4 Å². The van der Waals surface area contributed by atoms with Crippen LogP contribution in [0.3, 0.4) is 0 Å². The van der Waals surface area contributed by atoms with Crippen molar-refractivity contribution in [2.24, 2.45) is 0 Å². The van der Waals surface area contributed by atoms with Gasteiger partial charge in [-0.3, -0.25) is 14.9 Å². The minimum Gasteiger partial charge on any atom is -0.465 e. The molecule has 0 spiro atoms. The lowest BCUT2D eigenvalue weighted by molar-refractivity contribution is -0.384. The molecule has 0 aliphatic heterocycles. The van der Waals surface area contributed by atoms with Crippen LogP contribution in [0.4, 0.5) is 10.1 Å². The van der Waals surface area contributed by atoms with Crippen LogP contribution in [0.5, 0.6) is 5.75 Å². The third-order valence-electron chi connectivity index (χ3n) is 4.22. The molecule has 0 unspecified atom stereocenters. The Kier molecular flexibility index (Phi) is 6.15. The Morgan fingerprint density at radius 2 is 1.32 bits per heavy atom. The van der Waals surface area contributed by atoms with Crippen LogP contribution in [0.1, 0.15) is 36.6 Å². The number of nitrogens with zero attached hydrogens (tertiary/aromatic N) is 1. The second-order valence-electron chi connectivity index (χ2n) is 6.27. The smallest absolute Gasteiger partial charge is 0.343 e. The maximum Gasteiger partial charge on any atom is 0.343 e. The third kappa shape index (κ3) is 4.96. The molecule has 0 bridgehead atoms. The Morgan fingerprint density at radius 1 is 0.806 bits per heavy atom. The molecular formula is C22H14FNO7. The molecule has 3 rings (SSSR count). The number of ketones is 1. The zero-order valence-corrected chi connectivity index (χ0v) is 16.0. The average molecular weight is 423 g/mol. The Balaban J connectivity index is 1.80. The van der Waals surface area contributed by atoms with Gasteiger partial charge in [-0.1, -0.05) is 0 Å². The maximum atomic E-state index is 13.0. The molecule has 3 aromatic rings. The van der Waals surface area contributed by atoms with Crippen molar-refractivity contribution in [3.05, 3.63) is 105 Å². The van der Waals surface area contributed by atoms with Gasteiger partial charge in [-0.15, -0.1) is 0 Å². The SMILES string of the molecule is COC(=O)c1cc(C(=O)Oc2ccc(C(=O)c3ccc(F)cc3)cc2)cc([N+](=O)[O-])c1. The number of nitro groups is 1. The van der Waals surface area contributed by atoms with E-state index in [2.05, 4.69) is 4.74 Å². The molecule has 0 N–H and O–H groups in total. The number of hydrogen-bond donors (Lipinski definition) is 0. The molecule has 31 heavy (non-hydrogen) atoms. The summed E-state index contributed by atoms with van der Waals surface area (Å²) in [6.45, 7) is 0. The van der Waals surface area contributed by atoms with Gasteiger partial charge in [0.05, 0.1) is 23.2 Å². The van der Waals surface area contributed by atoms with Gasteiger partial charge < -0.3 is 9.47 Å². The molecule has 0 atom stereocenters. The second-order valence-corrected chi connectivity index (χ2v) is 6.27. The quantitative estimate of drug-likeness (QED) is 0.194. The highest BCUT2D eigenvalue weighted by molar-refractivity contribution is 6.09. The highest BCUT2D eigenvalue weighted by Crippen LogP contribution is 2.21. The van der Waals surface area contributed by atoms with Gasteiger partial charge in [0.25, 0.3) is 5.69 Å². The predicted molar refractivity (Wildman–Crippen MR) is 106 cm³/mol. The number of esters is 2. The number of rotatable bonds is 6. The minimum absolute atomic E-state index is 0.0757. The lowest BCUT2D eigenvalue weighted by Crippen LogP contribution is -2.11. The van der Waals surface area contributed by atoms with Crippen molar-refractivity contribution in [3.63, 3.8) is 0 Å². The molecule has 3 aromatic carbocycles. The first-order chi connectivity index (χ1) is 14.8. The van der Waals surface area contributed by atoms with Crippen LogP contribution < -0.4 is 4.74 Å². The first kappa shape index (κ1) is 21.3. The van der Waals surface area contributed by atoms with Gasteiger partial charge in [0.15, 0.2) is 5.78 Å². The van der Waals surface area contributed by atoms with E-state index in [9.17, 15) is 28.9 Å². The average Bonchev–Trinajstić information content (AvgIpc) is 2.78. The number of nitro benzene ring substituents is 1. The first-order valence-electron chi connectivity index (χ1n) is 8.79. The van der Waals surface area contributed by atoms with Gasteiger partial charge in [-0.2, -0.15) is 0 Å². The van der Waals surface area contributed by atoms with Crippen molar-refractivity contribution < 1.29 is 33.2 Å². The normalized spacial score (nSPS) is 10.3. The molecule has 0 aliphatic rings. The number of hydrogen-bond acceptors (Lipinski definition) is 7. The molecule has 0 radical (unpaired) electrons. The number of ether oxygens (including phenoxy) is 2. The largest absolute Gasteiger partial charge is 0.465 e. The van der Waals surface area contributed by atoms with Crippen LogP contribution in [0.25, 0.3) is 0 Å². The summed E-state index contributed by atoms with van der Waals surface area (Å²) in [6, 6.07) is 13.7. The van der Waals surface area contributed by atoms with Gasteiger partial charge in [-0.05, 0) is 54.6 Å². The van der Waals surface area contributed by atoms with E-state index in [1.807, 2.05) is 0 Å². The number of methoxy groups -OCH3 is 1. The maximum absolute atomic E-state index is 13.0. The monoisotopic (exact) mass is 423 g/mol. The van der Waals surface area contributed by atoms with Crippen LogP contribution >= 0.6 is 0 Å². The minimum atomic E-state index is -0.938. The van der Waals surface area contributed by atoms with Gasteiger partial charge in [0.2, 0.25) is 0 Å². The van der Waals surface area contributed by atoms with Crippen LogP contribution in [0, 0.1) is 15.9 Å². The van der Waals surface area contributed by atoms with Gasteiger partial charge in [0.1, 0.15) is 11.6 Å². The lowest BCUT2D eigenvalue weighted by Gasteiger charge is -2.07. The Bertz CT molecular complexity index is 1170. The summed E-state index contributed by atoms with van der Waals surface area (Å²) in [5.41, 5.74) is -0.298. The van der Waals surface area contributed by atoms with Crippen LogP contribution in [-0.4, -0.2) is 29.8 Å². The Hall–Kier alpha value is -4.40. The van der Waals surface area contributed by atoms with Crippen molar-refractivity contribution in [1.82, 2.24) is 0 Å². The Morgan fingerprint density at radius 3 is 1.84 bits per heavy atom. The summed E-state index contributed by atoms with van der Waals surface area (Å²) in [7, 11) is 1.11. The van der Waals surface area contributed by atoms with E-state index in [-0.39, 0.29) is 33.8 Å². The second kappa shape index (κ2) is 8.95. The number of non-ortho nitro benzene ring substituents is 1. The van der Waals surface area contributed by atoms with E-state index in [0.29, 0.717) is 0 Å². The van der Waals surface area contributed by atoms with E-state index in [0.717, 1.165) is 25.3 Å². The zero-order chi connectivity index (χ0) is 22.5. The van der Waals surface area contributed by atoms with Gasteiger partial charge in [0, 0.05) is 23.3 Å². The molecule has 0 aromatic heterocycles. The van der Waals surface area contributed by atoms with Crippen molar-refractivity contribution in [1.29, 1.82) is 0 Å². The topological polar surface area (TPSA) is 113 Å². The first-order valence-corrected chi connectivity index (χ1v) is 8.79. The Labute approximate surface area is 175 Å². The molecular weight excluding hydrogens is 409 g/mol. The van der Waals surface area contributed by atoms with E-state index in [1.54, 1.807) is 0 Å². The fraction of sp³-hybridized carbons (Fsp3) is 0.0455. The summed E-state index contributed by atoms with van der Waals surface area (Å²) < 4.78 is 22.7. The summed E-state index contributed by atoms with van der Waals surface area (Å²) in [4.78, 5) is 46.9. The van der Waals surface area contributed by atoms with E-state index < -0.39 is 28.4 Å². The zero-order valence-electron chi connectivity index (χ0n) is 16.0. The predicted octanol–water partition coefficient (Wildman–Crippen LogP) is 3.97. The summed E-state index contributed by atoms with van der Waals surface area (Å²) in [5, 5.41) is 11.1. The molecule has 0 saturated carbocycles. The van der Waals surface area contributed by atoms with Gasteiger partial charge in [-0.25, -0.2) is 14.0 Å². The molecule has 9 heteroatoms. The highest BCUT2D eigenvalue weighted by atomic mass is 19.1. The van der Waals surface area contributed by atoms with E-state index in [4.69, 9.17) is 4.74 Å². The van der Waals surface area contributed by atoms with Crippen molar-refractivity contribution in [3.8, 4) is 5.75 Å². The standard InChI is InChI=1S/C22H14FNO7/c1-30-21(26)15-10-16(12-18(11-15)24(28)29)22(27)31-19-8-4-14(5-9-19)20(25)13-2-6-17(23)7-3-13/h2-12H,1H3. The molecule has 0 saturated heterocycles. The van der Waals surface area contributed by atoms with E-state index in [1.165, 1.54) is 48.5 Å². The van der Waals surface area contributed by atoms with Crippen LogP contribution in [-0.2, 0) is 4.74 Å². The van der Waals surface area contributed by atoms with E-state index >= 15 is 0 Å². The van der Waals surface area contributed by atoms with Crippen molar-refractivity contribution in [2.75, 3.05) is 7.11 Å². The molecule has 0 aliphatic carbocycles. The summed E-state index contributed by atoms with van der Waals surface area (Å²) in [6.07, 6.45) is 0. The fourth-order valence-electron chi connectivity index (χ4n) is 2.68. The molecule has 0 heterocycles. The van der Waals surface area contributed by atoms with Crippen LogP contribution in [0.15, 0.2) is 66.7 Å². The number of carbonyl (C=O) groups is 3. The number of carbonyl (C=O) groups excluding carboxylic acids is 3. The highest BCUT2D eigenvalue weighted by Gasteiger charge is 2.20. The molecule has 0 fully saturated rings. The molecule has 0 amide bonds. The third-order valence-corrected chi connectivity index (χ3v) is 4.22. The van der Waals surface area contributed by atoms with Crippen molar-refractivity contribution in [2.45, 2.75) is 0 Å². The molecule has 156 valence electrons.